The smallest absolute Gasteiger partial charge is 0.205 e. The molecule has 50 valence electrons. The lowest BCUT2D eigenvalue weighted by Gasteiger charge is -2.03. The van der Waals surface area contributed by atoms with Crippen molar-refractivity contribution >= 4 is 8.38 Å². The Labute approximate surface area is 50.5 Å². The van der Waals surface area contributed by atoms with Crippen LogP contribution < -0.4 is 0 Å². The summed E-state index contributed by atoms with van der Waals surface area (Å²) in [6.07, 6.45) is 0.620. The monoisotopic (exact) mass is 138 g/mol. The summed E-state index contributed by atoms with van der Waals surface area (Å²) in [4.78, 5) is 13.2. The van der Waals surface area contributed by atoms with Gasteiger partial charge in [-0.3, -0.25) is 0 Å². The fourth-order valence-corrected chi connectivity index (χ4v) is 0.499. The molecule has 0 bridgehead atoms. The third-order valence-corrected chi connectivity index (χ3v) is 1.35. The van der Waals surface area contributed by atoms with Gasteiger partial charge < -0.3 is 4.89 Å². The zero-order chi connectivity index (χ0) is 6.41. The molecule has 0 saturated carbocycles. The first-order valence-electron chi connectivity index (χ1n) is 2.57. The highest BCUT2D eigenvalue weighted by molar-refractivity contribution is 7.45. The Bertz CT molecular complexity index is 50.5. The van der Waals surface area contributed by atoms with Gasteiger partial charge in [-0.05, 0) is 6.92 Å². The van der Waals surface area contributed by atoms with Gasteiger partial charge in [0.05, 0.1) is 6.61 Å². The fourth-order valence-electron chi connectivity index (χ4n) is 0.166. The van der Waals surface area contributed by atoms with Crippen molar-refractivity contribution in [3.8, 4) is 0 Å². The van der Waals surface area contributed by atoms with E-state index in [0.717, 1.165) is 0 Å². The topological polar surface area (TPSA) is 38.7 Å². The highest BCUT2D eigenvalue weighted by atomic mass is 31.2. The molecule has 0 rings (SSSR count). The predicted octanol–water partition coefficient (Wildman–Crippen LogP) is 1.28. The van der Waals surface area contributed by atoms with Crippen molar-refractivity contribution in [3.63, 3.8) is 0 Å². The highest BCUT2D eigenvalue weighted by Crippen LogP contribution is 2.29. The second kappa shape index (κ2) is 5.45. The van der Waals surface area contributed by atoms with Crippen LogP contribution in [0.3, 0.4) is 0 Å². The molecular weight excluding hydrogens is 127 g/mol. The summed E-state index contributed by atoms with van der Waals surface area (Å²) in [7, 11) is -1.31. The van der Waals surface area contributed by atoms with Crippen LogP contribution in [0.25, 0.3) is 0 Å². The van der Waals surface area contributed by atoms with Crippen molar-refractivity contribution < 1.29 is 14.5 Å². The summed E-state index contributed by atoms with van der Waals surface area (Å²) in [5.74, 6) is 0. The maximum absolute atomic E-state index is 8.71. The maximum atomic E-state index is 8.71. The number of rotatable bonds is 4. The summed E-state index contributed by atoms with van der Waals surface area (Å²) >= 11 is 0. The average Bonchev–Trinajstić information content (AvgIpc) is 1.83. The van der Waals surface area contributed by atoms with E-state index in [9.17, 15) is 0 Å². The quantitative estimate of drug-likeness (QED) is 0.361. The molecule has 0 aliphatic heterocycles. The van der Waals surface area contributed by atoms with Gasteiger partial charge in [-0.25, -0.2) is 4.89 Å². The summed E-state index contributed by atoms with van der Waals surface area (Å²) in [5, 5.41) is 0. The van der Waals surface area contributed by atoms with Gasteiger partial charge in [-0.1, -0.05) is 6.92 Å². The van der Waals surface area contributed by atoms with Gasteiger partial charge >= 0.3 is 0 Å². The molecule has 1 N–H and O–H groups in total. The van der Waals surface area contributed by atoms with Gasteiger partial charge in [0.25, 0.3) is 0 Å². The highest BCUT2D eigenvalue weighted by Gasteiger charge is 1.98. The Kier molecular flexibility index (Phi) is 5.66. The molecule has 0 aromatic rings. The Morgan fingerprint density at radius 2 is 2.12 bits per heavy atom. The minimum absolute atomic E-state index is 0.486. The Hall–Kier alpha value is 0.310. The minimum Gasteiger partial charge on any atom is -0.348 e. The van der Waals surface area contributed by atoms with Crippen molar-refractivity contribution in [2.45, 2.75) is 13.8 Å². The van der Waals surface area contributed by atoms with Gasteiger partial charge in [0.15, 0.2) is 0 Å². The maximum Gasteiger partial charge on any atom is 0.205 e. The van der Waals surface area contributed by atoms with E-state index in [1.807, 2.05) is 6.92 Å². The molecule has 0 amide bonds. The van der Waals surface area contributed by atoms with Gasteiger partial charge in [-0.2, -0.15) is 4.67 Å². The van der Waals surface area contributed by atoms with Crippen LogP contribution in [-0.2, 0) is 9.56 Å². The van der Waals surface area contributed by atoms with E-state index in [4.69, 9.17) is 4.89 Å². The third kappa shape index (κ3) is 4.47. The zero-order valence-electron chi connectivity index (χ0n) is 5.13. The van der Waals surface area contributed by atoms with Gasteiger partial charge in [-0.15, -0.1) is 0 Å². The van der Waals surface area contributed by atoms with E-state index < -0.39 is 8.38 Å². The van der Waals surface area contributed by atoms with Crippen LogP contribution in [0, 0.1) is 0 Å². The lowest BCUT2D eigenvalue weighted by molar-refractivity contribution is -0.200. The molecule has 0 saturated heterocycles. The van der Waals surface area contributed by atoms with Crippen LogP contribution in [0.15, 0.2) is 0 Å². The van der Waals surface area contributed by atoms with Crippen LogP contribution in [0.4, 0.5) is 0 Å². The number of hydrogen-bond acceptors (Lipinski definition) is 3. The van der Waals surface area contributed by atoms with Crippen molar-refractivity contribution in [2.24, 2.45) is 0 Å². The molecule has 8 heavy (non-hydrogen) atoms. The Morgan fingerprint density at radius 3 is 2.50 bits per heavy atom. The fraction of sp³-hybridized carbons (Fsp3) is 1.00. The average molecular weight is 138 g/mol. The van der Waals surface area contributed by atoms with Gasteiger partial charge in [0.1, 0.15) is 0 Å². The zero-order valence-corrected chi connectivity index (χ0v) is 6.02. The van der Waals surface area contributed by atoms with Crippen LogP contribution in [0.5, 0.6) is 0 Å². The predicted molar refractivity (Wildman–Crippen MR) is 32.4 cm³/mol. The molecule has 0 aliphatic carbocycles. The summed E-state index contributed by atoms with van der Waals surface area (Å²) in [6, 6.07) is 0. The summed E-state index contributed by atoms with van der Waals surface area (Å²) in [6.45, 7) is 4.13. The second-order valence-electron chi connectivity index (χ2n) is 1.15. The van der Waals surface area contributed by atoms with E-state index in [1.165, 1.54) is 0 Å². The first-order chi connectivity index (χ1) is 3.81. The summed E-state index contributed by atoms with van der Waals surface area (Å²) in [5.41, 5.74) is 0. The van der Waals surface area contributed by atoms with E-state index in [2.05, 4.69) is 9.56 Å². The summed E-state index contributed by atoms with van der Waals surface area (Å²) < 4.78 is 4.46. The molecule has 1 unspecified atom stereocenters. The van der Waals surface area contributed by atoms with Crippen LogP contribution in [0.2, 0.25) is 0 Å². The van der Waals surface area contributed by atoms with E-state index >= 15 is 0 Å². The van der Waals surface area contributed by atoms with Crippen LogP contribution in [0.1, 0.15) is 13.8 Å². The lowest BCUT2D eigenvalue weighted by atomic mass is 10.9. The first kappa shape index (κ1) is 8.31. The van der Waals surface area contributed by atoms with Crippen LogP contribution in [-0.4, -0.2) is 17.7 Å². The van der Waals surface area contributed by atoms with Crippen molar-refractivity contribution in [1.29, 1.82) is 0 Å². The van der Waals surface area contributed by atoms with Crippen molar-refractivity contribution in [2.75, 3.05) is 12.8 Å². The molecule has 0 fully saturated rings. The largest absolute Gasteiger partial charge is 0.348 e. The van der Waals surface area contributed by atoms with Gasteiger partial charge in [0.2, 0.25) is 8.38 Å². The standard InChI is InChI=1S/C4H11O3P/c1-3-6-7-8(5)4-2/h5H,3-4H2,1-2H3. The first-order valence-corrected chi connectivity index (χ1v) is 3.97. The Morgan fingerprint density at radius 1 is 1.50 bits per heavy atom. The molecular formula is C4H11O3P. The lowest BCUT2D eigenvalue weighted by Crippen LogP contribution is -1.88. The van der Waals surface area contributed by atoms with Gasteiger partial charge in [0, 0.05) is 6.16 Å². The normalized spacial score (nSPS) is 13.9. The van der Waals surface area contributed by atoms with E-state index in [-0.39, 0.29) is 0 Å². The van der Waals surface area contributed by atoms with E-state index in [1.54, 1.807) is 6.92 Å². The molecule has 0 heterocycles. The van der Waals surface area contributed by atoms with Crippen LogP contribution >= 0.6 is 8.38 Å². The second-order valence-corrected chi connectivity index (χ2v) is 2.64. The van der Waals surface area contributed by atoms with E-state index in [0.29, 0.717) is 12.8 Å². The van der Waals surface area contributed by atoms with Crippen molar-refractivity contribution in [1.82, 2.24) is 0 Å². The Balaban J connectivity index is 2.86. The molecule has 3 nitrogen and oxygen atoms in total. The minimum atomic E-state index is -1.31. The number of hydrogen-bond donors (Lipinski definition) is 1. The molecule has 0 aromatic carbocycles. The molecule has 4 heteroatoms. The molecule has 0 radical (unpaired) electrons. The molecule has 0 spiro atoms. The molecule has 0 aromatic heterocycles. The van der Waals surface area contributed by atoms with Crippen molar-refractivity contribution in [3.05, 3.63) is 0 Å². The molecule has 1 atom stereocenters. The molecule has 0 aliphatic rings. The SMILES string of the molecule is CCOOP(O)CC. The third-order valence-electron chi connectivity index (χ3n) is 0.527.